The Bertz CT molecular complexity index is 889. The maximum atomic E-state index is 10.2. The monoisotopic (exact) mass is 430 g/mol. The molecule has 1 atom stereocenters. The van der Waals surface area contributed by atoms with Crippen LogP contribution in [0.1, 0.15) is 29.7 Å². The highest BCUT2D eigenvalue weighted by atomic mass is 32.3. The second-order valence-corrected chi connectivity index (χ2v) is 9.75. The van der Waals surface area contributed by atoms with Crippen LogP contribution in [0.4, 0.5) is 0 Å². The molecular weight excluding hydrogens is 404 g/mol. The summed E-state index contributed by atoms with van der Waals surface area (Å²) in [5, 5.41) is 0. The Morgan fingerprint density at radius 3 is 1.55 bits per heavy atom. The SMILES string of the molecule is CC(OS(=O)(=O)[O-])c1ccccc1.C[S+](Cc1ccccc1)Cc1ccccc1. The average molecular weight is 431 g/mol. The van der Waals surface area contributed by atoms with Gasteiger partial charge in [-0.2, -0.15) is 0 Å². The summed E-state index contributed by atoms with van der Waals surface area (Å²) in [5.41, 5.74) is 3.55. The molecule has 0 heterocycles. The van der Waals surface area contributed by atoms with E-state index in [9.17, 15) is 13.0 Å². The molecule has 0 aliphatic carbocycles. The van der Waals surface area contributed by atoms with Crippen LogP contribution in [0, 0.1) is 0 Å². The molecule has 0 aliphatic rings. The lowest BCUT2D eigenvalue weighted by Crippen LogP contribution is -2.08. The Labute approximate surface area is 176 Å². The first-order valence-corrected chi connectivity index (χ1v) is 12.5. The van der Waals surface area contributed by atoms with Gasteiger partial charge in [0.15, 0.2) is 0 Å². The highest BCUT2D eigenvalue weighted by Gasteiger charge is 2.12. The lowest BCUT2D eigenvalue weighted by molar-refractivity contribution is 0.196. The molecule has 0 aliphatic heterocycles. The average Bonchev–Trinajstić information content (AvgIpc) is 2.69. The summed E-state index contributed by atoms with van der Waals surface area (Å²) >= 11 is 0. The molecule has 0 saturated carbocycles. The Morgan fingerprint density at radius 2 is 1.17 bits per heavy atom. The van der Waals surface area contributed by atoms with Crippen LogP contribution in [0.3, 0.4) is 0 Å². The molecule has 3 aromatic carbocycles. The van der Waals surface area contributed by atoms with Gasteiger partial charge < -0.3 is 4.55 Å². The van der Waals surface area contributed by atoms with Crippen LogP contribution in [0.5, 0.6) is 0 Å². The quantitative estimate of drug-likeness (QED) is 0.305. The maximum Gasteiger partial charge on any atom is 0.218 e. The van der Waals surface area contributed by atoms with E-state index in [1.54, 1.807) is 30.3 Å². The highest BCUT2D eigenvalue weighted by molar-refractivity contribution is 7.94. The van der Waals surface area contributed by atoms with Crippen molar-refractivity contribution in [2.45, 2.75) is 24.5 Å². The minimum absolute atomic E-state index is 0.428. The summed E-state index contributed by atoms with van der Waals surface area (Å²) in [4.78, 5) is 0. The van der Waals surface area contributed by atoms with E-state index in [0.717, 1.165) is 0 Å². The third-order valence-corrected chi connectivity index (χ3v) is 6.22. The standard InChI is InChI=1S/C15H17S.C8H10O4S/c1-16(12-14-8-4-2-5-9-14)13-15-10-6-3-7-11-15;1-7(12-13(9,10)11)8-5-3-2-4-6-8/h2-11H,12-13H2,1H3;2-7H,1H3,(H,9,10,11)/q+1;/p-1. The van der Waals surface area contributed by atoms with Gasteiger partial charge in [-0.3, -0.25) is 4.18 Å². The fourth-order valence-corrected chi connectivity index (χ4v) is 4.81. The van der Waals surface area contributed by atoms with Crippen LogP contribution in [0.2, 0.25) is 0 Å². The second kappa shape index (κ2) is 11.8. The molecule has 6 heteroatoms. The van der Waals surface area contributed by atoms with Crippen molar-refractivity contribution >= 4 is 21.3 Å². The Balaban J connectivity index is 0.000000212. The van der Waals surface area contributed by atoms with Crippen LogP contribution in [0.15, 0.2) is 91.0 Å². The summed E-state index contributed by atoms with van der Waals surface area (Å²) in [6.07, 6.45) is 1.61. The van der Waals surface area contributed by atoms with Gasteiger partial charge in [-0.1, -0.05) is 91.0 Å². The van der Waals surface area contributed by atoms with Crippen LogP contribution < -0.4 is 0 Å². The van der Waals surface area contributed by atoms with Crippen molar-refractivity contribution in [2.75, 3.05) is 6.26 Å². The molecule has 0 spiro atoms. The topological polar surface area (TPSA) is 66.4 Å². The summed E-state index contributed by atoms with van der Waals surface area (Å²) in [7, 11) is -4.19. The van der Waals surface area contributed by atoms with Gasteiger partial charge in [0, 0.05) is 11.1 Å². The van der Waals surface area contributed by atoms with Crippen LogP contribution in [-0.2, 0) is 37.0 Å². The Morgan fingerprint density at radius 1 is 0.793 bits per heavy atom. The van der Waals surface area contributed by atoms with Crippen molar-refractivity contribution in [1.29, 1.82) is 0 Å². The smallest absolute Gasteiger partial charge is 0.218 e. The highest BCUT2D eigenvalue weighted by Crippen LogP contribution is 2.17. The van der Waals surface area contributed by atoms with Crippen LogP contribution in [0.25, 0.3) is 0 Å². The van der Waals surface area contributed by atoms with E-state index in [1.165, 1.54) is 29.6 Å². The van der Waals surface area contributed by atoms with Gasteiger partial charge in [0.1, 0.15) is 11.5 Å². The number of hydrogen-bond acceptors (Lipinski definition) is 4. The summed E-state index contributed by atoms with van der Waals surface area (Å²) in [6, 6.07) is 30.2. The predicted octanol–water partition coefficient (Wildman–Crippen LogP) is 4.86. The first-order chi connectivity index (χ1) is 13.8. The maximum absolute atomic E-state index is 10.2. The summed E-state index contributed by atoms with van der Waals surface area (Å²) in [5.74, 6) is 2.38. The Hall–Kier alpha value is -2.12. The molecule has 0 saturated heterocycles. The molecule has 0 radical (unpaired) electrons. The van der Waals surface area contributed by atoms with Crippen molar-refractivity contribution in [3.05, 3.63) is 108 Å². The number of rotatable bonds is 7. The normalized spacial score (nSPS) is 12.1. The van der Waals surface area contributed by atoms with Gasteiger partial charge in [-0.25, -0.2) is 8.42 Å². The van der Waals surface area contributed by atoms with Crippen molar-refractivity contribution in [2.24, 2.45) is 0 Å². The van der Waals surface area contributed by atoms with E-state index >= 15 is 0 Å². The molecule has 29 heavy (non-hydrogen) atoms. The van der Waals surface area contributed by atoms with Crippen molar-refractivity contribution in [3.63, 3.8) is 0 Å². The molecular formula is C23H26O4S2. The van der Waals surface area contributed by atoms with Gasteiger partial charge in [0.25, 0.3) is 0 Å². The number of benzene rings is 3. The fraction of sp³-hybridized carbons (Fsp3) is 0.217. The summed E-state index contributed by atoms with van der Waals surface area (Å²) in [6.45, 7) is 1.50. The molecule has 3 rings (SSSR count). The third-order valence-electron chi connectivity index (χ3n) is 4.04. The van der Waals surface area contributed by atoms with E-state index in [0.29, 0.717) is 16.5 Å². The van der Waals surface area contributed by atoms with E-state index in [4.69, 9.17) is 0 Å². The zero-order chi connectivity index (χ0) is 21.1. The predicted molar refractivity (Wildman–Crippen MR) is 119 cm³/mol. The van der Waals surface area contributed by atoms with Crippen molar-refractivity contribution in [1.82, 2.24) is 0 Å². The van der Waals surface area contributed by atoms with Gasteiger partial charge in [0.2, 0.25) is 10.4 Å². The van der Waals surface area contributed by atoms with Crippen LogP contribution in [-0.4, -0.2) is 19.2 Å². The zero-order valence-electron chi connectivity index (χ0n) is 16.6. The molecule has 1 unspecified atom stereocenters. The van der Waals surface area contributed by atoms with E-state index in [2.05, 4.69) is 71.1 Å². The third kappa shape index (κ3) is 9.76. The fourth-order valence-electron chi connectivity index (χ4n) is 2.72. The van der Waals surface area contributed by atoms with Gasteiger partial charge >= 0.3 is 0 Å². The molecule has 0 aromatic heterocycles. The van der Waals surface area contributed by atoms with Gasteiger partial charge in [-0.05, 0) is 23.4 Å². The molecule has 3 aromatic rings. The second-order valence-electron chi connectivity index (χ2n) is 6.60. The molecule has 0 amide bonds. The van der Waals surface area contributed by atoms with Gasteiger partial charge in [-0.15, -0.1) is 0 Å². The van der Waals surface area contributed by atoms with E-state index in [1.807, 2.05) is 0 Å². The lowest BCUT2D eigenvalue weighted by atomic mass is 10.1. The largest absolute Gasteiger partial charge is 0.726 e. The zero-order valence-corrected chi connectivity index (χ0v) is 18.2. The molecule has 0 N–H and O–H groups in total. The van der Waals surface area contributed by atoms with E-state index < -0.39 is 16.5 Å². The number of hydrogen-bond donors (Lipinski definition) is 0. The van der Waals surface area contributed by atoms with Crippen molar-refractivity contribution in [3.8, 4) is 0 Å². The minimum atomic E-state index is -4.62. The Kier molecular flexibility index (Phi) is 9.41. The van der Waals surface area contributed by atoms with Gasteiger partial charge in [0.05, 0.1) is 12.4 Å². The van der Waals surface area contributed by atoms with Crippen LogP contribution >= 0.6 is 0 Å². The first-order valence-electron chi connectivity index (χ1n) is 9.19. The van der Waals surface area contributed by atoms with E-state index in [-0.39, 0.29) is 0 Å². The first kappa shape index (κ1) is 23.2. The minimum Gasteiger partial charge on any atom is -0.726 e. The lowest BCUT2D eigenvalue weighted by Gasteiger charge is -2.14. The molecule has 4 nitrogen and oxygen atoms in total. The van der Waals surface area contributed by atoms with Crippen molar-refractivity contribution < 1.29 is 17.2 Å². The summed E-state index contributed by atoms with van der Waals surface area (Å²) < 4.78 is 35.0. The molecule has 154 valence electrons. The molecule has 0 bridgehead atoms. The molecule has 0 fully saturated rings.